The Hall–Kier alpha value is -4.56. The van der Waals surface area contributed by atoms with Crippen molar-refractivity contribution in [3.63, 3.8) is 0 Å². The van der Waals surface area contributed by atoms with Gasteiger partial charge in [0.2, 0.25) is 21.8 Å². The number of aromatic nitrogens is 1. The highest BCUT2D eigenvalue weighted by Crippen LogP contribution is 2.27. The van der Waals surface area contributed by atoms with Gasteiger partial charge in [-0.2, -0.15) is 0 Å². The number of rotatable bonds is 17. The average Bonchev–Trinajstić information content (AvgIpc) is 3.08. The zero-order valence-electron chi connectivity index (χ0n) is 30.8. The van der Waals surface area contributed by atoms with Crippen LogP contribution < -0.4 is 30.9 Å². The zero-order valence-corrected chi connectivity index (χ0v) is 31.6. The van der Waals surface area contributed by atoms with Crippen LogP contribution in [0.2, 0.25) is 0 Å². The van der Waals surface area contributed by atoms with Crippen LogP contribution in [-0.4, -0.2) is 87.1 Å². The number of hydrogen-bond acceptors (Lipinski definition) is 8. The molecule has 0 saturated heterocycles. The summed E-state index contributed by atoms with van der Waals surface area (Å²) in [6.45, 7) is 11.6. The maximum absolute atomic E-state index is 13.9. The molecule has 0 spiro atoms. The van der Waals surface area contributed by atoms with E-state index in [4.69, 9.17) is 0 Å². The molecule has 1 aliphatic carbocycles. The highest BCUT2D eigenvalue weighted by atomic mass is 32.2. The molecule has 1 aromatic heterocycles. The highest BCUT2D eigenvalue weighted by molar-refractivity contribution is 7.92. The number of amides is 4. The van der Waals surface area contributed by atoms with Crippen molar-refractivity contribution in [1.82, 2.24) is 31.6 Å². The van der Waals surface area contributed by atoms with Gasteiger partial charge < -0.3 is 26.6 Å². The summed E-state index contributed by atoms with van der Waals surface area (Å²) in [5.74, 6) is -1.75. The minimum absolute atomic E-state index is 0.0334. The van der Waals surface area contributed by atoms with Crippen LogP contribution >= 0.6 is 0 Å². The van der Waals surface area contributed by atoms with Gasteiger partial charge in [-0.1, -0.05) is 44.2 Å². The van der Waals surface area contributed by atoms with E-state index in [1.54, 1.807) is 25.4 Å². The number of benzene rings is 1. The minimum atomic E-state index is -3.73. The maximum Gasteiger partial charge on any atom is 0.251 e. The van der Waals surface area contributed by atoms with Gasteiger partial charge in [-0.15, -0.1) is 0 Å². The van der Waals surface area contributed by atoms with Gasteiger partial charge in [-0.3, -0.25) is 28.5 Å². The third-order valence-corrected chi connectivity index (χ3v) is 10.1. The van der Waals surface area contributed by atoms with Crippen molar-refractivity contribution in [2.24, 2.45) is 11.8 Å². The molecule has 0 bridgehead atoms. The summed E-state index contributed by atoms with van der Waals surface area (Å²) < 4.78 is 26.1. The molecule has 0 saturated carbocycles. The van der Waals surface area contributed by atoms with Gasteiger partial charge in [0.25, 0.3) is 11.8 Å². The fraction of sp³-hybridized carbons (Fsp3) is 0.486. The van der Waals surface area contributed by atoms with Crippen molar-refractivity contribution < 1.29 is 27.6 Å². The number of nitrogens with one attached hydrogen (secondary N) is 5. The number of pyridine rings is 1. The molecule has 1 heterocycles. The molecule has 14 heteroatoms. The lowest BCUT2D eigenvalue weighted by Gasteiger charge is -2.34. The Balaban J connectivity index is 1.87. The van der Waals surface area contributed by atoms with Gasteiger partial charge in [0.1, 0.15) is 6.04 Å². The van der Waals surface area contributed by atoms with Gasteiger partial charge in [0.15, 0.2) is 0 Å². The first kappa shape index (κ1) is 40.9. The van der Waals surface area contributed by atoms with Gasteiger partial charge >= 0.3 is 0 Å². The van der Waals surface area contributed by atoms with E-state index in [1.165, 1.54) is 25.2 Å². The number of likely N-dealkylation sites (N-methyl/N-ethyl adjacent to an activating group) is 1. The number of nitrogens with zero attached hydrogens (tertiary/aromatic N) is 2. The predicted molar refractivity (Wildman–Crippen MR) is 200 cm³/mol. The van der Waals surface area contributed by atoms with Crippen molar-refractivity contribution in [1.29, 1.82) is 0 Å². The van der Waals surface area contributed by atoms with Gasteiger partial charge in [0, 0.05) is 61.2 Å². The molecule has 1 unspecified atom stereocenters. The summed E-state index contributed by atoms with van der Waals surface area (Å²) in [6, 6.07) is 5.97. The Labute approximate surface area is 302 Å². The molecule has 5 N–H and O–H groups in total. The molecule has 0 radical (unpaired) electrons. The number of allylic oxidation sites excluding steroid dienone is 3. The van der Waals surface area contributed by atoms with Crippen LogP contribution in [0.3, 0.4) is 0 Å². The Morgan fingerprint density at radius 1 is 1.00 bits per heavy atom. The molecule has 4 amide bonds. The van der Waals surface area contributed by atoms with Crippen molar-refractivity contribution in [3.8, 4) is 0 Å². The van der Waals surface area contributed by atoms with E-state index in [9.17, 15) is 27.6 Å². The second kappa shape index (κ2) is 18.1. The van der Waals surface area contributed by atoms with Crippen LogP contribution in [0.5, 0.6) is 0 Å². The number of hydrogen-bond donors (Lipinski definition) is 5. The summed E-state index contributed by atoms with van der Waals surface area (Å²) >= 11 is 0. The third kappa shape index (κ3) is 12.0. The maximum atomic E-state index is 13.9. The SMILES string of the molecule is CCNC(=O)[C@@H](NC(=O)[C@H](C)NC[C@H](Cc1cccnc1)NC(=O)c1cc(C(=O)NC(C)(C)C2C=CC=CC2)cc(N(C)S(C)(=O)=O)c1)C(C)C. The summed E-state index contributed by atoms with van der Waals surface area (Å²) in [7, 11) is -2.38. The van der Waals surface area contributed by atoms with Crippen molar-refractivity contribution >= 4 is 39.3 Å². The van der Waals surface area contributed by atoms with Gasteiger partial charge in [-0.05, 0) is 76.3 Å². The van der Waals surface area contributed by atoms with E-state index in [1.807, 2.05) is 65.0 Å². The molecule has 2 aromatic rings. The fourth-order valence-corrected chi connectivity index (χ4v) is 6.06. The van der Waals surface area contributed by atoms with E-state index in [2.05, 4.69) is 31.6 Å². The van der Waals surface area contributed by atoms with Crippen LogP contribution in [0, 0.1) is 11.8 Å². The minimum Gasteiger partial charge on any atom is -0.355 e. The number of anilines is 1. The third-order valence-electron chi connectivity index (χ3n) is 8.85. The molecule has 1 aliphatic rings. The van der Waals surface area contributed by atoms with Crippen LogP contribution in [0.4, 0.5) is 5.69 Å². The second-order valence-electron chi connectivity index (χ2n) is 13.8. The van der Waals surface area contributed by atoms with E-state index < -0.39 is 45.5 Å². The molecular weight excluding hydrogens is 671 g/mol. The molecule has 3 rings (SSSR count). The lowest BCUT2D eigenvalue weighted by molar-refractivity contribution is -0.130. The first-order valence-corrected chi connectivity index (χ1v) is 19.0. The monoisotopic (exact) mass is 723 g/mol. The van der Waals surface area contributed by atoms with Crippen LogP contribution in [0.15, 0.2) is 67.0 Å². The molecule has 13 nitrogen and oxygen atoms in total. The van der Waals surface area contributed by atoms with Crippen LogP contribution in [0.1, 0.15) is 74.2 Å². The first-order chi connectivity index (χ1) is 23.9. The van der Waals surface area contributed by atoms with E-state index in [0.717, 1.165) is 22.5 Å². The van der Waals surface area contributed by atoms with E-state index in [0.29, 0.717) is 13.0 Å². The smallest absolute Gasteiger partial charge is 0.251 e. The highest BCUT2D eigenvalue weighted by Gasteiger charge is 2.31. The fourth-order valence-electron chi connectivity index (χ4n) is 5.58. The molecule has 4 atom stereocenters. The first-order valence-electron chi connectivity index (χ1n) is 17.2. The Kier molecular flexibility index (Phi) is 14.5. The quantitative estimate of drug-likeness (QED) is 0.165. The predicted octanol–water partition coefficient (Wildman–Crippen LogP) is 2.71. The van der Waals surface area contributed by atoms with Crippen LogP contribution in [-0.2, 0) is 26.0 Å². The summed E-state index contributed by atoms with van der Waals surface area (Å²) in [5.41, 5.74) is 0.536. The normalized spacial score (nSPS) is 16.1. The molecular formula is C37H53N7O6S. The summed E-state index contributed by atoms with van der Waals surface area (Å²) in [5, 5.41) is 14.8. The van der Waals surface area contributed by atoms with E-state index in [-0.39, 0.29) is 47.0 Å². The molecule has 0 aliphatic heterocycles. The van der Waals surface area contributed by atoms with E-state index >= 15 is 0 Å². The largest absolute Gasteiger partial charge is 0.355 e. The number of sulfonamides is 1. The van der Waals surface area contributed by atoms with Crippen molar-refractivity contribution in [3.05, 3.63) is 83.7 Å². The molecule has 1 aromatic carbocycles. The van der Waals surface area contributed by atoms with Crippen molar-refractivity contribution in [2.75, 3.05) is 30.7 Å². The second-order valence-corrected chi connectivity index (χ2v) is 15.8. The summed E-state index contributed by atoms with van der Waals surface area (Å²) in [6.07, 6.45) is 13.4. The number of carbonyl (C=O) groups excluding carboxylic acids is 4. The van der Waals surface area contributed by atoms with Crippen molar-refractivity contribution in [2.45, 2.75) is 78.0 Å². The molecule has 51 heavy (non-hydrogen) atoms. The Bertz CT molecular complexity index is 1710. The molecule has 0 fully saturated rings. The Morgan fingerprint density at radius 2 is 1.69 bits per heavy atom. The van der Waals surface area contributed by atoms with Crippen LogP contribution in [0.25, 0.3) is 0 Å². The average molecular weight is 724 g/mol. The van der Waals surface area contributed by atoms with Gasteiger partial charge in [-0.25, -0.2) is 8.42 Å². The summed E-state index contributed by atoms with van der Waals surface area (Å²) in [4.78, 5) is 57.4. The number of carbonyl (C=O) groups is 4. The lowest BCUT2D eigenvalue weighted by atomic mass is 9.82. The topological polar surface area (TPSA) is 179 Å². The van der Waals surface area contributed by atoms with Gasteiger partial charge in [0.05, 0.1) is 18.0 Å². The Morgan fingerprint density at radius 3 is 2.25 bits per heavy atom. The lowest BCUT2D eigenvalue weighted by Crippen LogP contribution is -2.55. The molecule has 278 valence electrons. The zero-order chi connectivity index (χ0) is 37.9. The standard InChI is InChI=1S/C37H53N7O6S/c1-9-39-36(48)32(24(2)3)42-33(45)25(4)40-23-30(18-26-14-13-17-38-22-26)41-34(46)27-19-28(21-31(20-27)44(7)51(8,49)50)35(47)43-37(5,6)29-15-11-10-12-16-29/h10-15,17,19-22,24-25,29-30,32,40H,9,16,18,23H2,1-8H3,(H,39,48)(H,41,46)(H,42,45)(H,43,47)/t25-,29?,30-,32-/m0/s1.